The van der Waals surface area contributed by atoms with E-state index >= 15 is 0 Å². The molecule has 2 heterocycles. The lowest BCUT2D eigenvalue weighted by molar-refractivity contribution is 0.0383. The Morgan fingerprint density at radius 2 is 2.28 bits per heavy atom. The van der Waals surface area contributed by atoms with E-state index in [0.717, 1.165) is 38.9 Å². The highest BCUT2D eigenvalue weighted by molar-refractivity contribution is 5.93. The first-order valence-corrected chi connectivity index (χ1v) is 5.95. The number of hydrogen-bond acceptors (Lipinski definition) is 4. The smallest absolute Gasteiger partial charge is 0.251 e. The molecule has 6 heteroatoms. The molecule has 5 nitrogen and oxygen atoms in total. The van der Waals surface area contributed by atoms with Gasteiger partial charge < -0.3 is 10.1 Å². The Morgan fingerprint density at radius 3 is 3.00 bits per heavy atom. The molecule has 0 radical (unpaired) electrons. The van der Waals surface area contributed by atoms with Crippen LogP contribution in [0.5, 0.6) is 0 Å². The number of nitrogens with one attached hydrogen (secondary N) is 1. The number of rotatable bonds is 4. The molecule has 0 atom stereocenters. The molecular weight excluding hydrogens is 237 g/mol. The van der Waals surface area contributed by atoms with Gasteiger partial charge >= 0.3 is 0 Å². The molecule has 0 aromatic carbocycles. The van der Waals surface area contributed by atoms with Gasteiger partial charge in [0, 0.05) is 44.0 Å². The highest BCUT2D eigenvalue weighted by Crippen LogP contribution is 2.00. The Bertz CT molecular complexity index is 408. The average Bonchev–Trinajstić information content (AvgIpc) is 2.40. The maximum absolute atomic E-state index is 12.8. The zero-order valence-corrected chi connectivity index (χ0v) is 10.1. The zero-order valence-electron chi connectivity index (χ0n) is 10.1. The third kappa shape index (κ3) is 3.75. The summed E-state index contributed by atoms with van der Waals surface area (Å²) in [4.78, 5) is 17.3. The Hall–Kier alpha value is -1.53. The van der Waals surface area contributed by atoms with Gasteiger partial charge in [-0.3, -0.25) is 9.69 Å². The van der Waals surface area contributed by atoms with Gasteiger partial charge in [-0.2, -0.15) is 4.39 Å². The number of ether oxygens (including phenoxy) is 1. The molecule has 0 spiro atoms. The van der Waals surface area contributed by atoms with Gasteiger partial charge in [-0.25, -0.2) is 4.98 Å². The van der Waals surface area contributed by atoms with Gasteiger partial charge in [0.25, 0.3) is 5.91 Å². The number of carbonyl (C=O) groups excluding carboxylic acids is 1. The van der Waals surface area contributed by atoms with Crippen LogP contribution in [0.3, 0.4) is 0 Å². The topological polar surface area (TPSA) is 54.5 Å². The molecule has 1 amide bonds. The molecule has 18 heavy (non-hydrogen) atoms. The van der Waals surface area contributed by atoms with E-state index in [1.807, 2.05) is 0 Å². The lowest BCUT2D eigenvalue weighted by atomic mass is 10.2. The van der Waals surface area contributed by atoms with Gasteiger partial charge in [-0.1, -0.05) is 0 Å². The van der Waals surface area contributed by atoms with Gasteiger partial charge in [0.05, 0.1) is 13.2 Å². The van der Waals surface area contributed by atoms with Crippen LogP contribution in [-0.2, 0) is 4.74 Å². The minimum atomic E-state index is -0.643. The third-order valence-electron chi connectivity index (χ3n) is 2.81. The quantitative estimate of drug-likeness (QED) is 0.783. The second-order valence-electron chi connectivity index (χ2n) is 4.08. The van der Waals surface area contributed by atoms with Gasteiger partial charge in [0.15, 0.2) is 0 Å². The van der Waals surface area contributed by atoms with Crippen LogP contribution in [0.1, 0.15) is 10.4 Å². The van der Waals surface area contributed by atoms with E-state index in [0.29, 0.717) is 12.1 Å². The third-order valence-corrected chi connectivity index (χ3v) is 2.81. The molecule has 0 saturated carbocycles. The van der Waals surface area contributed by atoms with Gasteiger partial charge in [0.1, 0.15) is 0 Å². The Labute approximate surface area is 105 Å². The van der Waals surface area contributed by atoms with Crippen molar-refractivity contribution in [3.63, 3.8) is 0 Å². The lowest BCUT2D eigenvalue weighted by Gasteiger charge is -2.26. The first-order chi connectivity index (χ1) is 8.75. The van der Waals surface area contributed by atoms with Crippen LogP contribution in [-0.4, -0.2) is 55.2 Å². The highest BCUT2D eigenvalue weighted by atomic mass is 19.1. The zero-order chi connectivity index (χ0) is 12.8. The maximum atomic E-state index is 12.8. The van der Waals surface area contributed by atoms with E-state index in [9.17, 15) is 9.18 Å². The molecule has 1 aliphatic heterocycles. The number of amides is 1. The number of carbonyl (C=O) groups is 1. The summed E-state index contributed by atoms with van der Waals surface area (Å²) in [6.07, 6.45) is 1.28. The molecular formula is C12H16FN3O2. The van der Waals surface area contributed by atoms with E-state index in [4.69, 9.17) is 4.74 Å². The molecule has 98 valence electrons. The van der Waals surface area contributed by atoms with E-state index in [1.165, 1.54) is 12.3 Å². The standard InChI is InChI=1S/C12H16FN3O2/c13-11-9-10(1-2-14-11)12(17)15-3-4-16-5-7-18-8-6-16/h1-2,9H,3-8H2,(H,15,17). The van der Waals surface area contributed by atoms with Gasteiger partial charge in [-0.05, 0) is 6.07 Å². The molecule has 2 rings (SSSR count). The van der Waals surface area contributed by atoms with Crippen molar-refractivity contribution in [1.82, 2.24) is 15.2 Å². The van der Waals surface area contributed by atoms with Crippen LogP contribution < -0.4 is 5.32 Å². The van der Waals surface area contributed by atoms with Crippen LogP contribution in [0, 0.1) is 5.95 Å². The molecule has 1 aromatic rings. The molecule has 1 aromatic heterocycles. The van der Waals surface area contributed by atoms with Crippen LogP contribution in [0.2, 0.25) is 0 Å². The fourth-order valence-electron chi connectivity index (χ4n) is 1.80. The fraction of sp³-hybridized carbons (Fsp3) is 0.500. The minimum Gasteiger partial charge on any atom is -0.379 e. The van der Waals surface area contributed by atoms with Crippen molar-refractivity contribution in [3.05, 3.63) is 29.8 Å². The van der Waals surface area contributed by atoms with Crippen LogP contribution in [0.15, 0.2) is 18.3 Å². The van der Waals surface area contributed by atoms with E-state index in [-0.39, 0.29) is 5.91 Å². The summed E-state index contributed by atoms with van der Waals surface area (Å²) in [6, 6.07) is 2.62. The summed E-state index contributed by atoms with van der Waals surface area (Å²) < 4.78 is 18.1. The summed E-state index contributed by atoms with van der Waals surface area (Å²) >= 11 is 0. The average molecular weight is 253 g/mol. The summed E-state index contributed by atoms with van der Waals surface area (Å²) in [7, 11) is 0. The number of pyridine rings is 1. The van der Waals surface area contributed by atoms with Crippen molar-refractivity contribution in [3.8, 4) is 0 Å². The molecule has 0 unspecified atom stereocenters. The summed E-state index contributed by atoms with van der Waals surface area (Å²) in [6.45, 7) is 4.58. The van der Waals surface area contributed by atoms with Crippen LogP contribution in [0.4, 0.5) is 4.39 Å². The van der Waals surface area contributed by atoms with Crippen molar-refractivity contribution in [1.29, 1.82) is 0 Å². The molecule has 1 saturated heterocycles. The monoisotopic (exact) mass is 253 g/mol. The normalized spacial score (nSPS) is 16.5. The fourth-order valence-corrected chi connectivity index (χ4v) is 1.80. The number of aromatic nitrogens is 1. The maximum Gasteiger partial charge on any atom is 0.251 e. The number of hydrogen-bond donors (Lipinski definition) is 1. The number of halogens is 1. The first-order valence-electron chi connectivity index (χ1n) is 5.95. The summed E-state index contributed by atoms with van der Waals surface area (Å²) in [5, 5.41) is 2.76. The van der Waals surface area contributed by atoms with Gasteiger partial charge in [0.2, 0.25) is 5.95 Å². The van der Waals surface area contributed by atoms with E-state index in [1.54, 1.807) is 0 Å². The van der Waals surface area contributed by atoms with Gasteiger partial charge in [-0.15, -0.1) is 0 Å². The SMILES string of the molecule is O=C(NCCN1CCOCC1)c1ccnc(F)c1. The molecule has 0 aliphatic carbocycles. The summed E-state index contributed by atoms with van der Waals surface area (Å²) in [5.41, 5.74) is 0.296. The van der Waals surface area contributed by atoms with E-state index < -0.39 is 5.95 Å². The Balaban J connectivity index is 1.74. The van der Waals surface area contributed by atoms with Crippen molar-refractivity contribution < 1.29 is 13.9 Å². The van der Waals surface area contributed by atoms with Crippen molar-refractivity contribution in [2.75, 3.05) is 39.4 Å². The minimum absolute atomic E-state index is 0.274. The number of morpholine rings is 1. The van der Waals surface area contributed by atoms with E-state index in [2.05, 4.69) is 15.2 Å². The van der Waals surface area contributed by atoms with Crippen molar-refractivity contribution in [2.45, 2.75) is 0 Å². The largest absolute Gasteiger partial charge is 0.379 e. The van der Waals surface area contributed by atoms with Crippen LogP contribution >= 0.6 is 0 Å². The second-order valence-corrected chi connectivity index (χ2v) is 4.08. The Kier molecular flexibility index (Phi) is 4.60. The van der Waals surface area contributed by atoms with Crippen LogP contribution in [0.25, 0.3) is 0 Å². The summed E-state index contributed by atoms with van der Waals surface area (Å²) in [5.74, 6) is -0.916. The lowest BCUT2D eigenvalue weighted by Crippen LogP contribution is -2.41. The predicted molar refractivity (Wildman–Crippen MR) is 63.8 cm³/mol. The predicted octanol–water partition coefficient (Wildman–Crippen LogP) is 0.283. The number of nitrogens with zero attached hydrogens (tertiary/aromatic N) is 2. The van der Waals surface area contributed by atoms with Crippen molar-refractivity contribution in [2.24, 2.45) is 0 Å². The Morgan fingerprint density at radius 1 is 1.50 bits per heavy atom. The molecule has 1 fully saturated rings. The highest BCUT2D eigenvalue weighted by Gasteiger charge is 2.11. The molecule has 1 aliphatic rings. The first kappa shape index (κ1) is 12.9. The van der Waals surface area contributed by atoms with Crippen molar-refractivity contribution >= 4 is 5.91 Å². The second kappa shape index (κ2) is 6.42. The molecule has 1 N–H and O–H groups in total. The molecule has 0 bridgehead atoms.